The summed E-state index contributed by atoms with van der Waals surface area (Å²) in [5.41, 5.74) is -0.000833. The Kier molecular flexibility index (Phi) is 5.39. The van der Waals surface area contributed by atoms with Gasteiger partial charge in [0.2, 0.25) is 11.7 Å². The SMILES string of the molecule is C=C(C#N)CNC(=O)c1cnc(C(C)(F)F)nc1Oc1ccccc1. The van der Waals surface area contributed by atoms with Crippen LogP contribution in [-0.4, -0.2) is 22.4 Å². The predicted molar refractivity (Wildman–Crippen MR) is 85.2 cm³/mol. The van der Waals surface area contributed by atoms with Gasteiger partial charge in [-0.3, -0.25) is 4.79 Å². The first-order chi connectivity index (χ1) is 11.8. The monoisotopic (exact) mass is 344 g/mol. The Morgan fingerprint density at radius 3 is 2.68 bits per heavy atom. The van der Waals surface area contributed by atoms with Gasteiger partial charge in [0, 0.05) is 18.7 Å². The molecule has 0 aliphatic rings. The lowest BCUT2D eigenvalue weighted by Crippen LogP contribution is -2.26. The minimum atomic E-state index is -3.29. The number of carbonyl (C=O) groups excluding carboxylic acids is 1. The van der Waals surface area contributed by atoms with E-state index in [-0.39, 0.29) is 23.6 Å². The van der Waals surface area contributed by atoms with Crippen molar-refractivity contribution in [2.75, 3.05) is 6.54 Å². The van der Waals surface area contributed by atoms with Crippen LogP contribution >= 0.6 is 0 Å². The van der Waals surface area contributed by atoms with E-state index in [0.29, 0.717) is 12.7 Å². The maximum atomic E-state index is 13.5. The molecule has 1 amide bonds. The van der Waals surface area contributed by atoms with Crippen LogP contribution in [0.5, 0.6) is 11.6 Å². The zero-order valence-corrected chi connectivity index (χ0v) is 13.3. The summed E-state index contributed by atoms with van der Waals surface area (Å²) in [5.74, 6) is -4.72. The first-order valence-electron chi connectivity index (χ1n) is 7.15. The van der Waals surface area contributed by atoms with Gasteiger partial charge in [0.25, 0.3) is 5.91 Å². The fourth-order valence-corrected chi connectivity index (χ4v) is 1.73. The van der Waals surface area contributed by atoms with Crippen molar-refractivity contribution >= 4 is 5.91 Å². The lowest BCUT2D eigenvalue weighted by Gasteiger charge is -2.14. The number of benzene rings is 1. The molecule has 1 aromatic heterocycles. The van der Waals surface area contributed by atoms with Gasteiger partial charge in [-0.25, -0.2) is 4.98 Å². The van der Waals surface area contributed by atoms with E-state index in [9.17, 15) is 13.6 Å². The number of ether oxygens (including phenoxy) is 1. The van der Waals surface area contributed by atoms with E-state index < -0.39 is 17.7 Å². The third-order valence-corrected chi connectivity index (χ3v) is 2.97. The van der Waals surface area contributed by atoms with Gasteiger partial charge in [0.1, 0.15) is 11.3 Å². The van der Waals surface area contributed by atoms with Gasteiger partial charge < -0.3 is 10.1 Å². The molecule has 1 aromatic carbocycles. The van der Waals surface area contributed by atoms with E-state index in [2.05, 4.69) is 21.9 Å². The lowest BCUT2D eigenvalue weighted by atomic mass is 10.2. The third kappa shape index (κ3) is 4.81. The van der Waals surface area contributed by atoms with Crippen molar-refractivity contribution < 1.29 is 18.3 Å². The van der Waals surface area contributed by atoms with Gasteiger partial charge in [0.15, 0.2) is 0 Å². The van der Waals surface area contributed by atoms with Gasteiger partial charge in [-0.15, -0.1) is 0 Å². The molecule has 0 radical (unpaired) electrons. The number of aromatic nitrogens is 2. The van der Waals surface area contributed by atoms with Crippen molar-refractivity contribution in [1.82, 2.24) is 15.3 Å². The van der Waals surface area contributed by atoms with Crippen LogP contribution in [0.2, 0.25) is 0 Å². The van der Waals surface area contributed by atoms with Gasteiger partial charge in [-0.05, 0) is 12.1 Å². The molecule has 0 saturated heterocycles. The van der Waals surface area contributed by atoms with Gasteiger partial charge >= 0.3 is 5.92 Å². The van der Waals surface area contributed by atoms with Crippen molar-refractivity contribution in [2.45, 2.75) is 12.8 Å². The molecular weight excluding hydrogens is 330 g/mol. The molecule has 0 aliphatic heterocycles. The highest BCUT2D eigenvalue weighted by Crippen LogP contribution is 2.28. The van der Waals surface area contributed by atoms with E-state index in [1.165, 1.54) is 0 Å². The summed E-state index contributed by atoms with van der Waals surface area (Å²) in [4.78, 5) is 19.4. The van der Waals surface area contributed by atoms with Crippen LogP contribution in [0.3, 0.4) is 0 Å². The van der Waals surface area contributed by atoms with Crippen LogP contribution in [-0.2, 0) is 5.92 Å². The maximum absolute atomic E-state index is 13.5. The highest BCUT2D eigenvalue weighted by atomic mass is 19.3. The number of hydrogen-bond acceptors (Lipinski definition) is 5. The van der Waals surface area contributed by atoms with Gasteiger partial charge in [0.05, 0.1) is 12.6 Å². The van der Waals surface area contributed by atoms with Crippen LogP contribution < -0.4 is 10.1 Å². The van der Waals surface area contributed by atoms with Crippen molar-refractivity contribution in [1.29, 1.82) is 5.26 Å². The summed E-state index contributed by atoms with van der Waals surface area (Å²) in [7, 11) is 0. The molecular formula is C17H14F2N4O2. The Labute approximate surface area is 142 Å². The summed E-state index contributed by atoms with van der Waals surface area (Å²) in [6, 6.07) is 10.1. The normalized spacial score (nSPS) is 10.6. The second-order valence-electron chi connectivity index (χ2n) is 5.11. The van der Waals surface area contributed by atoms with Crippen molar-refractivity contribution in [2.24, 2.45) is 0 Å². The van der Waals surface area contributed by atoms with Gasteiger partial charge in [-0.2, -0.15) is 19.0 Å². The Hall–Kier alpha value is -3.34. The molecule has 0 bridgehead atoms. The number of nitrogens with one attached hydrogen (secondary N) is 1. The first-order valence-corrected chi connectivity index (χ1v) is 7.15. The average Bonchev–Trinajstić information content (AvgIpc) is 2.59. The molecule has 0 unspecified atom stereocenters. The fraction of sp³-hybridized carbons (Fsp3) is 0.176. The maximum Gasteiger partial charge on any atom is 0.303 e. The zero-order chi connectivity index (χ0) is 18.4. The second kappa shape index (κ2) is 7.49. The largest absolute Gasteiger partial charge is 0.438 e. The highest BCUT2D eigenvalue weighted by molar-refractivity contribution is 5.96. The highest BCUT2D eigenvalue weighted by Gasteiger charge is 2.30. The Morgan fingerprint density at radius 1 is 1.40 bits per heavy atom. The van der Waals surface area contributed by atoms with Crippen LogP contribution in [0.15, 0.2) is 48.7 Å². The molecule has 2 aromatic rings. The number of para-hydroxylation sites is 1. The standard InChI is InChI=1S/C17H14F2N4O2/c1-11(8-20)9-21-14(24)13-10-22-16(17(2,18)19)23-15(13)25-12-6-4-3-5-7-12/h3-7,10H,1,9H2,2H3,(H,21,24). The average molecular weight is 344 g/mol. The Bertz CT molecular complexity index is 827. The number of nitrogens with zero attached hydrogens (tertiary/aromatic N) is 3. The molecule has 128 valence electrons. The number of nitriles is 1. The minimum Gasteiger partial charge on any atom is -0.438 e. The number of halogens is 2. The van der Waals surface area contributed by atoms with E-state index in [1.807, 2.05) is 0 Å². The topological polar surface area (TPSA) is 87.9 Å². The van der Waals surface area contributed by atoms with Crippen molar-refractivity contribution in [3.05, 3.63) is 60.1 Å². The quantitative estimate of drug-likeness (QED) is 0.813. The second-order valence-corrected chi connectivity index (χ2v) is 5.11. The molecule has 0 atom stereocenters. The number of alkyl halides is 2. The molecule has 8 heteroatoms. The molecule has 0 aliphatic carbocycles. The van der Waals surface area contributed by atoms with Crippen molar-refractivity contribution in [3.63, 3.8) is 0 Å². The minimum absolute atomic E-state index is 0.0915. The van der Waals surface area contributed by atoms with Crippen LogP contribution in [0.4, 0.5) is 8.78 Å². The molecule has 6 nitrogen and oxygen atoms in total. The molecule has 0 saturated carbocycles. The number of rotatable bonds is 6. The van der Waals surface area contributed by atoms with Crippen LogP contribution in [0.25, 0.3) is 0 Å². The first kappa shape index (κ1) is 18.0. The number of hydrogen-bond donors (Lipinski definition) is 1. The molecule has 1 N–H and O–H groups in total. The third-order valence-electron chi connectivity index (χ3n) is 2.97. The van der Waals surface area contributed by atoms with Gasteiger partial charge in [-0.1, -0.05) is 24.8 Å². The smallest absolute Gasteiger partial charge is 0.303 e. The van der Waals surface area contributed by atoms with Crippen LogP contribution in [0, 0.1) is 11.3 Å². The molecule has 0 fully saturated rings. The molecule has 0 spiro atoms. The lowest BCUT2D eigenvalue weighted by molar-refractivity contribution is 0.00708. The fourth-order valence-electron chi connectivity index (χ4n) is 1.73. The van der Waals surface area contributed by atoms with E-state index in [0.717, 1.165) is 6.20 Å². The summed E-state index contributed by atoms with van der Waals surface area (Å²) < 4.78 is 32.4. The Morgan fingerprint density at radius 2 is 2.08 bits per heavy atom. The zero-order valence-electron chi connectivity index (χ0n) is 13.3. The van der Waals surface area contributed by atoms with E-state index in [1.54, 1.807) is 36.4 Å². The molecule has 1 heterocycles. The summed E-state index contributed by atoms with van der Waals surface area (Å²) in [5, 5.41) is 11.1. The van der Waals surface area contributed by atoms with Crippen molar-refractivity contribution in [3.8, 4) is 17.7 Å². The van der Waals surface area contributed by atoms with E-state index in [4.69, 9.17) is 10.00 Å². The summed E-state index contributed by atoms with van der Waals surface area (Å²) in [6.45, 7) is 3.99. The number of amides is 1. The Balaban J connectivity index is 2.36. The molecule has 25 heavy (non-hydrogen) atoms. The van der Waals surface area contributed by atoms with E-state index >= 15 is 0 Å². The summed E-state index contributed by atoms with van der Waals surface area (Å²) >= 11 is 0. The van der Waals surface area contributed by atoms with Crippen LogP contribution in [0.1, 0.15) is 23.1 Å². The number of carbonyl (C=O) groups is 1. The molecule has 2 rings (SSSR count). The summed E-state index contributed by atoms with van der Waals surface area (Å²) in [6.07, 6.45) is 0.961. The predicted octanol–water partition coefficient (Wildman–Crippen LogP) is 3.19.